The number of halogens is 2. The van der Waals surface area contributed by atoms with E-state index >= 15 is 0 Å². The third kappa shape index (κ3) is 9.12. The number of aryl methyl sites for hydroxylation is 2. The molecule has 12 heteroatoms. The Hall–Kier alpha value is 0.423. The van der Waals surface area contributed by atoms with Crippen molar-refractivity contribution >= 4 is 11.9 Å². The number of hydrogen-bond acceptors (Lipinski definition) is 6. The summed E-state index contributed by atoms with van der Waals surface area (Å²) in [5.74, 6) is -0.708. The molecule has 8 nitrogen and oxygen atoms in total. The summed E-state index contributed by atoms with van der Waals surface area (Å²) in [4.78, 5) is 19.8. The van der Waals surface area contributed by atoms with Gasteiger partial charge in [0, 0.05) is 132 Å². The molecular weight excluding hydrogens is 820 g/mol. The summed E-state index contributed by atoms with van der Waals surface area (Å²) in [5.41, 5.74) is 2.07. The zero-order valence-electron chi connectivity index (χ0n) is 17.3. The summed E-state index contributed by atoms with van der Waals surface area (Å²) in [5, 5.41) is 8.41. The van der Waals surface area contributed by atoms with Crippen LogP contribution >= 0.6 is 0 Å². The molecule has 4 rings (SSSR count). The smallest absolute Gasteiger partial charge is 0.230 e. The topological polar surface area (TPSA) is 86.2 Å². The largest absolute Gasteiger partial charge is 0.659 e. The summed E-state index contributed by atoms with van der Waals surface area (Å²) < 4.78 is 25.5. The standard InChI is InChI=1S/C10H15N4.C8H9F2N4.2Ac/c1-8-7-9(2)13-10(12-8)14-5-3-11-4-6-14;9-6-5-7(10)13-8(12-6)14-3-1-11-2-4-14;;/h7H,3-6H2,1-2H3;5H,1-4H2;;/q2*-1;;. The molecular formula is C18H24Ac2F2N8-2. The molecule has 0 N–H and O–H groups in total. The molecule has 0 bridgehead atoms. The molecule has 2 aromatic rings. The molecule has 2 fully saturated rings. The second-order valence-corrected chi connectivity index (χ2v) is 6.58. The SMILES string of the molecule is Cc1cc(C)nc(N2CC[N-]CC2)n1.Fc1cc(F)nc(N2CC[N-]CC2)n1.[Ac].[Ac]. The van der Waals surface area contributed by atoms with Crippen molar-refractivity contribution in [1.29, 1.82) is 0 Å². The van der Waals surface area contributed by atoms with Gasteiger partial charge in [0.05, 0.1) is 0 Å². The van der Waals surface area contributed by atoms with Crippen LogP contribution in [0.1, 0.15) is 11.4 Å². The molecule has 0 aromatic carbocycles. The fraction of sp³-hybridized carbons (Fsp3) is 0.556. The van der Waals surface area contributed by atoms with Crippen molar-refractivity contribution in [2.24, 2.45) is 0 Å². The van der Waals surface area contributed by atoms with Crippen LogP contribution in [0.3, 0.4) is 0 Å². The second kappa shape index (κ2) is 14.5. The first kappa shape index (κ1) is 28.5. The van der Waals surface area contributed by atoms with Crippen molar-refractivity contribution in [1.82, 2.24) is 19.9 Å². The molecule has 2 radical (unpaired) electrons. The molecule has 0 spiro atoms. The Morgan fingerprint density at radius 2 is 1.03 bits per heavy atom. The predicted octanol–water partition coefficient (Wildman–Crippen LogP) is 2.24. The zero-order valence-corrected chi connectivity index (χ0v) is 26.8. The van der Waals surface area contributed by atoms with Crippen molar-refractivity contribution in [3.63, 3.8) is 0 Å². The Kier molecular flexibility index (Phi) is 13.8. The minimum atomic E-state index is -0.838. The molecule has 4 heterocycles. The van der Waals surface area contributed by atoms with Crippen LogP contribution in [-0.4, -0.2) is 72.3 Å². The average Bonchev–Trinajstić information content (AvgIpc) is 2.68. The number of piperazine rings is 2. The van der Waals surface area contributed by atoms with Crippen LogP contribution in [0.5, 0.6) is 0 Å². The first-order valence-corrected chi connectivity index (χ1v) is 9.30. The molecule has 0 unspecified atom stereocenters. The third-order valence-electron chi connectivity index (χ3n) is 4.30. The summed E-state index contributed by atoms with van der Waals surface area (Å²) in [7, 11) is 0. The quantitative estimate of drug-likeness (QED) is 0.432. The van der Waals surface area contributed by atoms with Crippen molar-refractivity contribution in [3.8, 4) is 0 Å². The van der Waals surface area contributed by atoms with E-state index in [9.17, 15) is 8.78 Å². The fourth-order valence-corrected chi connectivity index (χ4v) is 2.98. The van der Waals surface area contributed by atoms with Gasteiger partial charge in [-0.05, 0) is 19.9 Å². The molecule has 0 aliphatic carbocycles. The van der Waals surface area contributed by atoms with Crippen LogP contribution in [0, 0.1) is 114 Å². The molecule has 0 amide bonds. The van der Waals surface area contributed by atoms with Crippen LogP contribution in [0.2, 0.25) is 0 Å². The fourth-order valence-electron chi connectivity index (χ4n) is 2.98. The maximum absolute atomic E-state index is 12.7. The second-order valence-electron chi connectivity index (χ2n) is 6.58. The van der Waals surface area contributed by atoms with Crippen LogP contribution in [0.25, 0.3) is 10.6 Å². The van der Waals surface area contributed by atoms with Crippen molar-refractivity contribution < 1.29 is 96.9 Å². The van der Waals surface area contributed by atoms with Gasteiger partial charge in [-0.2, -0.15) is 18.7 Å². The third-order valence-corrected chi connectivity index (χ3v) is 4.30. The molecule has 0 atom stereocenters. The van der Waals surface area contributed by atoms with Crippen LogP contribution in [0.15, 0.2) is 12.1 Å². The van der Waals surface area contributed by atoms with E-state index in [1.54, 1.807) is 4.90 Å². The first-order chi connectivity index (χ1) is 13.5. The summed E-state index contributed by atoms with van der Waals surface area (Å²) >= 11 is 0. The minimum absolute atomic E-state index is 0. The molecule has 0 saturated carbocycles. The van der Waals surface area contributed by atoms with E-state index in [0.29, 0.717) is 32.2 Å². The monoisotopic (exact) mass is 844 g/mol. The van der Waals surface area contributed by atoms with Gasteiger partial charge in [-0.15, -0.1) is 26.2 Å². The first-order valence-electron chi connectivity index (χ1n) is 9.30. The number of nitrogens with zero attached hydrogens (tertiary/aromatic N) is 8. The van der Waals surface area contributed by atoms with Crippen LogP contribution < -0.4 is 9.80 Å². The van der Waals surface area contributed by atoms with Gasteiger partial charge in [-0.3, -0.25) is 0 Å². The molecule has 30 heavy (non-hydrogen) atoms. The van der Waals surface area contributed by atoms with E-state index in [-0.39, 0.29) is 94.1 Å². The Labute approximate surface area is 247 Å². The number of rotatable bonds is 2. The Balaban J connectivity index is 0.000000281. The number of anilines is 2. The van der Waals surface area contributed by atoms with Crippen LogP contribution in [-0.2, 0) is 0 Å². The van der Waals surface area contributed by atoms with Gasteiger partial charge in [-0.1, -0.05) is 0 Å². The van der Waals surface area contributed by atoms with Gasteiger partial charge in [0.15, 0.2) is 0 Å². The van der Waals surface area contributed by atoms with E-state index in [0.717, 1.165) is 43.5 Å². The maximum atomic E-state index is 12.7. The molecule has 158 valence electrons. The Morgan fingerprint density at radius 3 is 1.43 bits per heavy atom. The van der Waals surface area contributed by atoms with Crippen molar-refractivity contribution in [2.45, 2.75) is 13.8 Å². The Bertz CT molecular complexity index is 681. The maximum Gasteiger partial charge on any atom is 0.230 e. The van der Waals surface area contributed by atoms with E-state index < -0.39 is 11.9 Å². The summed E-state index contributed by atoms with van der Waals surface area (Å²) in [6, 6.07) is 2.66. The van der Waals surface area contributed by atoms with E-state index in [1.165, 1.54) is 0 Å². The van der Waals surface area contributed by atoms with Crippen LogP contribution in [0.4, 0.5) is 20.7 Å². The molecule has 2 aromatic heterocycles. The van der Waals surface area contributed by atoms with E-state index in [1.807, 2.05) is 19.9 Å². The number of aromatic nitrogens is 4. The predicted molar refractivity (Wildman–Crippen MR) is 104 cm³/mol. The normalized spacial score (nSPS) is 16.0. The summed E-state index contributed by atoms with van der Waals surface area (Å²) in [6.07, 6.45) is 0. The van der Waals surface area contributed by atoms with Gasteiger partial charge >= 0.3 is 0 Å². The molecule has 2 saturated heterocycles. The molecule has 2 aliphatic heterocycles. The average molecular weight is 844 g/mol. The number of hydrogen-bond donors (Lipinski definition) is 0. The van der Waals surface area contributed by atoms with Gasteiger partial charge in [0.1, 0.15) is 0 Å². The minimum Gasteiger partial charge on any atom is -0.659 e. The van der Waals surface area contributed by atoms with Gasteiger partial charge in [-0.25, -0.2) is 9.97 Å². The van der Waals surface area contributed by atoms with Gasteiger partial charge in [0.2, 0.25) is 23.8 Å². The van der Waals surface area contributed by atoms with Gasteiger partial charge in [0.25, 0.3) is 0 Å². The molecule has 2 aliphatic rings. The van der Waals surface area contributed by atoms with Crippen molar-refractivity contribution in [2.75, 3.05) is 62.2 Å². The van der Waals surface area contributed by atoms with Crippen molar-refractivity contribution in [3.05, 3.63) is 46.0 Å². The van der Waals surface area contributed by atoms with E-state index in [2.05, 4.69) is 35.5 Å². The Morgan fingerprint density at radius 1 is 0.667 bits per heavy atom. The summed E-state index contributed by atoms with van der Waals surface area (Å²) in [6.45, 7) is 10.2. The zero-order chi connectivity index (χ0) is 19.9. The van der Waals surface area contributed by atoms with Gasteiger partial charge < -0.3 is 20.4 Å². The van der Waals surface area contributed by atoms with E-state index in [4.69, 9.17) is 0 Å².